The molecule has 2 aromatic heterocycles. The number of imidazole rings is 1. The number of hydrogen-bond acceptors (Lipinski definition) is 3. The van der Waals surface area contributed by atoms with Crippen LogP contribution in [0, 0.1) is 13.8 Å². The summed E-state index contributed by atoms with van der Waals surface area (Å²) < 4.78 is 2.06. The number of aromatic nitrogens is 3. The van der Waals surface area contributed by atoms with Crippen molar-refractivity contribution in [2.75, 3.05) is 5.73 Å². The molecule has 0 spiro atoms. The van der Waals surface area contributed by atoms with Gasteiger partial charge in [-0.3, -0.25) is 4.98 Å². The number of rotatable bonds is 3. The molecule has 0 radical (unpaired) electrons. The van der Waals surface area contributed by atoms with Crippen molar-refractivity contribution in [3.63, 3.8) is 0 Å². The van der Waals surface area contributed by atoms with E-state index in [9.17, 15) is 0 Å². The summed E-state index contributed by atoms with van der Waals surface area (Å²) in [6, 6.07) is 1.98. The minimum atomic E-state index is 0.737. The van der Waals surface area contributed by atoms with Gasteiger partial charge in [-0.1, -0.05) is 6.92 Å². The number of nitrogen functional groups attached to an aromatic ring is 1. The highest BCUT2D eigenvalue weighted by atomic mass is 15.1. The predicted octanol–water partition coefficient (Wildman–Crippen LogP) is 2.55. The molecule has 2 heterocycles. The van der Waals surface area contributed by atoms with Gasteiger partial charge in [0.15, 0.2) is 0 Å². The van der Waals surface area contributed by atoms with E-state index in [1.165, 1.54) is 0 Å². The fraction of sp³-hybridized carbons (Fsp3) is 0.385. The summed E-state index contributed by atoms with van der Waals surface area (Å²) in [6.45, 7) is 7.07. The van der Waals surface area contributed by atoms with Gasteiger partial charge >= 0.3 is 0 Å². The number of aryl methyl sites for hydroxylation is 2. The minimum Gasteiger partial charge on any atom is -0.383 e. The first-order valence-corrected chi connectivity index (χ1v) is 5.88. The fourth-order valence-electron chi connectivity index (χ4n) is 2.00. The van der Waals surface area contributed by atoms with Crippen molar-refractivity contribution >= 4 is 5.82 Å². The van der Waals surface area contributed by atoms with Gasteiger partial charge in [-0.05, 0) is 31.9 Å². The lowest BCUT2D eigenvalue weighted by atomic mass is 10.1. The largest absolute Gasteiger partial charge is 0.383 e. The van der Waals surface area contributed by atoms with Crippen molar-refractivity contribution in [3.05, 3.63) is 29.8 Å². The van der Waals surface area contributed by atoms with Gasteiger partial charge in [0, 0.05) is 24.5 Å². The Kier molecular flexibility index (Phi) is 3.13. The second kappa shape index (κ2) is 4.57. The summed E-state index contributed by atoms with van der Waals surface area (Å²) in [7, 11) is 0. The van der Waals surface area contributed by atoms with Crippen LogP contribution in [-0.2, 0) is 6.54 Å². The molecule has 0 fully saturated rings. The van der Waals surface area contributed by atoms with Gasteiger partial charge in [-0.15, -0.1) is 0 Å². The van der Waals surface area contributed by atoms with E-state index >= 15 is 0 Å². The monoisotopic (exact) mass is 230 g/mol. The van der Waals surface area contributed by atoms with Crippen molar-refractivity contribution in [1.29, 1.82) is 0 Å². The molecule has 0 aliphatic rings. The molecule has 0 aliphatic carbocycles. The molecule has 0 atom stereocenters. The minimum absolute atomic E-state index is 0.737. The molecule has 2 aromatic rings. The van der Waals surface area contributed by atoms with Gasteiger partial charge in [0.05, 0.1) is 0 Å². The molecule has 0 aliphatic heterocycles. The van der Waals surface area contributed by atoms with Crippen LogP contribution in [0.25, 0.3) is 11.3 Å². The van der Waals surface area contributed by atoms with Crippen LogP contribution in [-0.4, -0.2) is 14.5 Å². The van der Waals surface area contributed by atoms with Crippen LogP contribution < -0.4 is 5.73 Å². The van der Waals surface area contributed by atoms with Gasteiger partial charge in [-0.2, -0.15) is 0 Å². The molecule has 0 bridgehead atoms. The highest BCUT2D eigenvalue weighted by molar-refractivity contribution is 5.72. The lowest BCUT2D eigenvalue weighted by molar-refractivity contribution is 0.665. The molecule has 4 heteroatoms. The Labute approximate surface area is 102 Å². The van der Waals surface area contributed by atoms with E-state index in [-0.39, 0.29) is 0 Å². The SMILES string of the molecule is CCCn1c(C)nc(-c2cnccc2C)c1N. The maximum atomic E-state index is 6.16. The van der Waals surface area contributed by atoms with Crippen LogP contribution in [0.1, 0.15) is 24.7 Å². The molecule has 0 saturated heterocycles. The van der Waals surface area contributed by atoms with E-state index in [1.54, 1.807) is 6.20 Å². The van der Waals surface area contributed by atoms with Crippen LogP contribution in [0.15, 0.2) is 18.5 Å². The molecule has 2 N–H and O–H groups in total. The summed E-state index contributed by atoms with van der Waals surface area (Å²) in [5.74, 6) is 1.70. The van der Waals surface area contributed by atoms with Crippen molar-refractivity contribution in [2.45, 2.75) is 33.7 Å². The lowest BCUT2D eigenvalue weighted by Crippen LogP contribution is -2.04. The lowest BCUT2D eigenvalue weighted by Gasteiger charge is -2.06. The van der Waals surface area contributed by atoms with Crippen LogP contribution >= 0.6 is 0 Å². The van der Waals surface area contributed by atoms with Crippen LogP contribution in [0.3, 0.4) is 0 Å². The Hall–Kier alpha value is -1.84. The average molecular weight is 230 g/mol. The number of anilines is 1. The Balaban J connectivity index is 2.54. The topological polar surface area (TPSA) is 56.7 Å². The maximum absolute atomic E-state index is 6.16. The summed E-state index contributed by atoms with van der Waals surface area (Å²) in [6.07, 6.45) is 4.65. The van der Waals surface area contributed by atoms with Crippen LogP contribution in [0.2, 0.25) is 0 Å². The number of hydrogen-bond donors (Lipinski definition) is 1. The molecular formula is C13H18N4. The van der Waals surface area contributed by atoms with E-state index in [0.717, 1.165) is 41.4 Å². The Morgan fingerprint density at radius 1 is 1.35 bits per heavy atom. The van der Waals surface area contributed by atoms with Crippen molar-refractivity contribution < 1.29 is 0 Å². The standard InChI is InChI=1S/C13H18N4/c1-4-7-17-10(3)16-12(13(17)14)11-8-15-6-5-9(11)2/h5-6,8H,4,7,14H2,1-3H3. The zero-order valence-electron chi connectivity index (χ0n) is 10.6. The third-order valence-corrected chi connectivity index (χ3v) is 2.94. The molecule has 0 saturated carbocycles. The Morgan fingerprint density at radius 2 is 2.12 bits per heavy atom. The summed E-state index contributed by atoms with van der Waals surface area (Å²) in [5.41, 5.74) is 9.18. The zero-order chi connectivity index (χ0) is 12.4. The molecule has 4 nitrogen and oxygen atoms in total. The smallest absolute Gasteiger partial charge is 0.131 e. The maximum Gasteiger partial charge on any atom is 0.131 e. The molecule has 0 aromatic carbocycles. The third-order valence-electron chi connectivity index (χ3n) is 2.94. The van der Waals surface area contributed by atoms with Crippen molar-refractivity contribution in [2.24, 2.45) is 0 Å². The first-order valence-electron chi connectivity index (χ1n) is 5.88. The van der Waals surface area contributed by atoms with Crippen molar-refractivity contribution in [3.8, 4) is 11.3 Å². The highest BCUT2D eigenvalue weighted by Crippen LogP contribution is 2.28. The summed E-state index contributed by atoms with van der Waals surface area (Å²) >= 11 is 0. The van der Waals surface area contributed by atoms with Crippen LogP contribution in [0.4, 0.5) is 5.82 Å². The summed E-state index contributed by atoms with van der Waals surface area (Å²) in [4.78, 5) is 8.70. The predicted molar refractivity (Wildman–Crippen MR) is 69.6 cm³/mol. The van der Waals surface area contributed by atoms with E-state index in [0.29, 0.717) is 0 Å². The average Bonchev–Trinajstić information content (AvgIpc) is 2.58. The number of pyridine rings is 1. The summed E-state index contributed by atoms with van der Waals surface area (Å²) in [5, 5.41) is 0. The molecule has 2 rings (SSSR count). The van der Waals surface area contributed by atoms with Gasteiger partial charge in [0.25, 0.3) is 0 Å². The highest BCUT2D eigenvalue weighted by Gasteiger charge is 2.14. The molecule has 17 heavy (non-hydrogen) atoms. The van der Waals surface area contributed by atoms with Gasteiger partial charge in [0.2, 0.25) is 0 Å². The van der Waals surface area contributed by atoms with Gasteiger partial charge in [0.1, 0.15) is 17.3 Å². The van der Waals surface area contributed by atoms with Crippen LogP contribution in [0.5, 0.6) is 0 Å². The van der Waals surface area contributed by atoms with E-state index in [4.69, 9.17) is 5.73 Å². The van der Waals surface area contributed by atoms with Crippen molar-refractivity contribution in [1.82, 2.24) is 14.5 Å². The van der Waals surface area contributed by atoms with Gasteiger partial charge < -0.3 is 10.3 Å². The Bertz CT molecular complexity index is 528. The molecule has 0 unspecified atom stereocenters. The third kappa shape index (κ3) is 2.02. The van der Waals surface area contributed by atoms with E-state index < -0.39 is 0 Å². The first kappa shape index (κ1) is 11.6. The molecular weight excluding hydrogens is 212 g/mol. The molecule has 0 amide bonds. The fourth-order valence-corrected chi connectivity index (χ4v) is 2.00. The first-order chi connectivity index (χ1) is 8.15. The second-order valence-corrected chi connectivity index (χ2v) is 4.24. The number of nitrogens with two attached hydrogens (primary N) is 1. The Morgan fingerprint density at radius 3 is 2.76 bits per heavy atom. The number of nitrogens with zero attached hydrogens (tertiary/aromatic N) is 3. The van der Waals surface area contributed by atoms with E-state index in [1.807, 2.05) is 26.1 Å². The normalized spacial score (nSPS) is 10.8. The second-order valence-electron chi connectivity index (χ2n) is 4.24. The zero-order valence-corrected chi connectivity index (χ0v) is 10.6. The van der Waals surface area contributed by atoms with E-state index in [2.05, 4.69) is 21.5 Å². The quantitative estimate of drug-likeness (QED) is 0.881. The molecule has 90 valence electrons. The van der Waals surface area contributed by atoms with Gasteiger partial charge in [-0.25, -0.2) is 4.98 Å².